The van der Waals surface area contributed by atoms with Crippen molar-refractivity contribution in [3.8, 4) is 0 Å². The second-order valence-electron chi connectivity index (χ2n) is 5.80. The minimum Gasteiger partial charge on any atom is -0.387 e. The summed E-state index contributed by atoms with van der Waals surface area (Å²) in [6.07, 6.45) is -0.887. The number of aliphatic hydroxyl groups is 1. The lowest BCUT2D eigenvalue weighted by atomic mass is 10.1. The number of hydrogen-bond acceptors (Lipinski definition) is 4. The van der Waals surface area contributed by atoms with Gasteiger partial charge in [0.05, 0.1) is 11.0 Å². The van der Waals surface area contributed by atoms with E-state index in [9.17, 15) is 13.5 Å². The van der Waals surface area contributed by atoms with Crippen LogP contribution in [0.3, 0.4) is 0 Å². The average molecular weight is 361 g/mol. The molecule has 6 heteroatoms. The molecule has 24 heavy (non-hydrogen) atoms. The molecule has 3 aromatic rings. The Morgan fingerprint density at radius 1 is 1.12 bits per heavy atom. The number of sulfonamides is 1. The molecule has 4 nitrogen and oxygen atoms in total. The molecule has 0 radical (unpaired) electrons. The van der Waals surface area contributed by atoms with Gasteiger partial charge in [-0.25, -0.2) is 13.1 Å². The Morgan fingerprint density at radius 3 is 2.62 bits per heavy atom. The topological polar surface area (TPSA) is 66.4 Å². The van der Waals surface area contributed by atoms with Gasteiger partial charge in [0.1, 0.15) is 0 Å². The summed E-state index contributed by atoms with van der Waals surface area (Å²) in [4.78, 5) is 0.216. The van der Waals surface area contributed by atoms with E-state index in [0.717, 1.165) is 26.8 Å². The number of aryl methyl sites for hydroxylation is 2. The first-order chi connectivity index (χ1) is 11.4. The Morgan fingerprint density at radius 2 is 1.88 bits per heavy atom. The van der Waals surface area contributed by atoms with E-state index in [1.165, 1.54) is 11.3 Å². The van der Waals surface area contributed by atoms with E-state index in [0.29, 0.717) is 0 Å². The lowest BCUT2D eigenvalue weighted by molar-refractivity contribution is 0.184. The molecule has 0 fully saturated rings. The summed E-state index contributed by atoms with van der Waals surface area (Å²) in [6, 6.07) is 12.8. The van der Waals surface area contributed by atoms with Crippen LogP contribution in [0.25, 0.3) is 10.1 Å². The normalized spacial score (nSPS) is 13.3. The highest BCUT2D eigenvalue weighted by Gasteiger charge is 2.19. The van der Waals surface area contributed by atoms with Crippen LogP contribution in [0.5, 0.6) is 0 Å². The zero-order valence-electron chi connectivity index (χ0n) is 13.5. The lowest BCUT2D eigenvalue weighted by Crippen LogP contribution is -2.28. The molecule has 2 N–H and O–H groups in total. The van der Waals surface area contributed by atoms with Gasteiger partial charge in [-0.3, -0.25) is 0 Å². The Hall–Kier alpha value is -1.73. The first kappa shape index (κ1) is 17.1. The monoisotopic (exact) mass is 361 g/mol. The quantitative estimate of drug-likeness (QED) is 0.730. The van der Waals surface area contributed by atoms with Gasteiger partial charge in [-0.15, -0.1) is 11.3 Å². The number of fused-ring (bicyclic) bond motifs is 1. The third-order valence-electron chi connectivity index (χ3n) is 4.13. The summed E-state index contributed by atoms with van der Waals surface area (Å²) in [6.45, 7) is 3.75. The highest BCUT2D eigenvalue weighted by molar-refractivity contribution is 7.89. The molecule has 1 unspecified atom stereocenters. The predicted octanol–water partition coefficient (Wildman–Crippen LogP) is 3.53. The first-order valence-corrected chi connectivity index (χ1v) is 9.96. The van der Waals surface area contributed by atoms with Crippen molar-refractivity contribution in [1.29, 1.82) is 0 Å². The van der Waals surface area contributed by atoms with Crippen LogP contribution in [0, 0.1) is 13.8 Å². The molecule has 3 rings (SSSR count). The Labute approximate surface area is 145 Å². The van der Waals surface area contributed by atoms with Crippen LogP contribution in [0.1, 0.15) is 22.8 Å². The predicted molar refractivity (Wildman–Crippen MR) is 97.9 cm³/mol. The van der Waals surface area contributed by atoms with E-state index >= 15 is 0 Å². The van der Waals surface area contributed by atoms with Gasteiger partial charge in [-0.2, -0.15) is 0 Å². The summed E-state index contributed by atoms with van der Waals surface area (Å²) >= 11 is 1.54. The van der Waals surface area contributed by atoms with E-state index in [1.807, 2.05) is 43.5 Å². The van der Waals surface area contributed by atoms with Crippen molar-refractivity contribution >= 4 is 31.4 Å². The maximum Gasteiger partial charge on any atom is 0.240 e. The highest BCUT2D eigenvalue weighted by Crippen LogP contribution is 2.30. The van der Waals surface area contributed by atoms with Crippen LogP contribution in [-0.4, -0.2) is 20.1 Å². The van der Waals surface area contributed by atoms with Gasteiger partial charge in [-0.05, 0) is 53.9 Å². The third-order valence-corrected chi connectivity index (χ3v) is 6.53. The number of hydrogen-bond donors (Lipinski definition) is 2. The Bertz CT molecular complexity index is 977. The summed E-state index contributed by atoms with van der Waals surface area (Å²) < 4.78 is 28.4. The number of nitrogens with one attached hydrogen (secondary N) is 1. The fourth-order valence-electron chi connectivity index (χ4n) is 2.52. The Kier molecular flexibility index (Phi) is 4.73. The number of benzene rings is 2. The molecule has 0 spiro atoms. The van der Waals surface area contributed by atoms with E-state index in [1.54, 1.807) is 18.2 Å². The van der Waals surface area contributed by atoms with Gasteiger partial charge in [0.25, 0.3) is 0 Å². The van der Waals surface area contributed by atoms with Gasteiger partial charge < -0.3 is 5.11 Å². The van der Waals surface area contributed by atoms with Crippen molar-refractivity contribution in [2.24, 2.45) is 0 Å². The molecular formula is C18H19NO3S2. The maximum absolute atomic E-state index is 12.4. The zero-order chi connectivity index (χ0) is 17.3. The van der Waals surface area contributed by atoms with E-state index in [2.05, 4.69) is 4.72 Å². The Balaban J connectivity index is 1.77. The average Bonchev–Trinajstić information content (AvgIpc) is 2.99. The van der Waals surface area contributed by atoms with Crippen LogP contribution >= 0.6 is 11.3 Å². The zero-order valence-corrected chi connectivity index (χ0v) is 15.1. The molecule has 126 valence electrons. The highest BCUT2D eigenvalue weighted by atomic mass is 32.2. The molecule has 1 heterocycles. The van der Waals surface area contributed by atoms with Crippen LogP contribution < -0.4 is 4.72 Å². The second kappa shape index (κ2) is 6.64. The van der Waals surface area contributed by atoms with Crippen molar-refractivity contribution in [3.05, 3.63) is 64.5 Å². The third kappa shape index (κ3) is 3.37. The lowest BCUT2D eigenvalue weighted by Gasteiger charge is -2.13. The number of thiophene rings is 1. The van der Waals surface area contributed by atoms with Gasteiger partial charge >= 0.3 is 0 Å². The molecule has 1 atom stereocenters. The van der Waals surface area contributed by atoms with Crippen LogP contribution in [0.15, 0.2) is 52.7 Å². The van der Waals surface area contributed by atoms with Crippen LogP contribution in [0.4, 0.5) is 0 Å². The SMILES string of the molecule is Cc1ccc(S(=O)(=O)NCC(O)c2csc3ccccc23)cc1C. The molecule has 0 saturated carbocycles. The summed E-state index contributed by atoms with van der Waals surface area (Å²) in [7, 11) is -3.65. The molecule has 0 saturated heterocycles. The summed E-state index contributed by atoms with van der Waals surface area (Å²) in [5.41, 5.74) is 2.71. The molecule has 2 aromatic carbocycles. The van der Waals surface area contributed by atoms with Gasteiger partial charge in [0.15, 0.2) is 0 Å². The smallest absolute Gasteiger partial charge is 0.240 e. The van der Waals surface area contributed by atoms with Crippen molar-refractivity contribution in [2.75, 3.05) is 6.54 Å². The molecule has 0 aliphatic rings. The minimum absolute atomic E-state index is 0.0595. The van der Waals surface area contributed by atoms with E-state index in [4.69, 9.17) is 0 Å². The van der Waals surface area contributed by atoms with Crippen molar-refractivity contribution < 1.29 is 13.5 Å². The fraction of sp³-hybridized carbons (Fsp3) is 0.222. The van der Waals surface area contributed by atoms with Gasteiger partial charge in [-0.1, -0.05) is 24.3 Å². The van der Waals surface area contributed by atoms with Crippen molar-refractivity contribution in [2.45, 2.75) is 24.8 Å². The largest absolute Gasteiger partial charge is 0.387 e. The minimum atomic E-state index is -3.65. The molecule has 0 bridgehead atoms. The van der Waals surface area contributed by atoms with Crippen LogP contribution in [0.2, 0.25) is 0 Å². The van der Waals surface area contributed by atoms with E-state index in [-0.39, 0.29) is 11.4 Å². The molecule has 0 aliphatic heterocycles. The molecule has 0 aliphatic carbocycles. The van der Waals surface area contributed by atoms with Crippen LogP contribution in [-0.2, 0) is 10.0 Å². The van der Waals surface area contributed by atoms with E-state index < -0.39 is 16.1 Å². The van der Waals surface area contributed by atoms with Crippen molar-refractivity contribution in [3.63, 3.8) is 0 Å². The number of aliphatic hydroxyl groups excluding tert-OH is 1. The first-order valence-electron chi connectivity index (χ1n) is 7.59. The number of rotatable bonds is 5. The molecule has 0 amide bonds. The maximum atomic E-state index is 12.4. The van der Waals surface area contributed by atoms with Gasteiger partial charge in [0, 0.05) is 16.8 Å². The van der Waals surface area contributed by atoms with Gasteiger partial charge in [0.2, 0.25) is 10.0 Å². The molecular weight excluding hydrogens is 342 g/mol. The fourth-order valence-corrected chi connectivity index (χ4v) is 4.65. The summed E-state index contributed by atoms with van der Waals surface area (Å²) in [5, 5.41) is 13.2. The summed E-state index contributed by atoms with van der Waals surface area (Å²) in [5.74, 6) is 0. The molecule has 1 aromatic heterocycles. The second-order valence-corrected chi connectivity index (χ2v) is 8.48. The van der Waals surface area contributed by atoms with Crippen molar-refractivity contribution in [1.82, 2.24) is 4.72 Å². The standard InChI is InChI=1S/C18H19NO3S2/c1-12-7-8-14(9-13(12)2)24(21,22)19-10-17(20)16-11-23-18-6-4-3-5-15(16)18/h3-9,11,17,19-20H,10H2,1-2H3.